The number of carbonyl (C=O) groups excluding carboxylic acids is 2. The maximum atomic E-state index is 12.2. The average Bonchev–Trinajstić information content (AvgIpc) is 3.39. The first-order chi connectivity index (χ1) is 15.1. The van der Waals surface area contributed by atoms with Gasteiger partial charge in [-0.05, 0) is 22.3 Å². The van der Waals surface area contributed by atoms with Crippen LogP contribution in [-0.2, 0) is 14.3 Å². The van der Waals surface area contributed by atoms with E-state index in [0.717, 1.165) is 22.3 Å². The van der Waals surface area contributed by atoms with Crippen molar-refractivity contribution in [3.63, 3.8) is 0 Å². The highest BCUT2D eigenvalue weighted by Gasteiger charge is 2.33. The van der Waals surface area contributed by atoms with Gasteiger partial charge < -0.3 is 20.1 Å². The third-order valence-electron chi connectivity index (χ3n) is 5.42. The molecule has 2 aromatic carbocycles. The molecule has 0 spiro atoms. The number of alkyl carbamates (subject to hydrolysis) is 1. The van der Waals surface area contributed by atoms with Crippen LogP contribution in [0.15, 0.2) is 60.7 Å². The number of aliphatic carboxylic acids is 1. The Kier molecular flexibility index (Phi) is 6.27. The number of carboxylic acids is 1. The molecule has 2 N–H and O–H groups in total. The number of ether oxygens (including phenoxy) is 1. The van der Waals surface area contributed by atoms with Crippen molar-refractivity contribution in [2.75, 3.05) is 24.8 Å². The highest BCUT2D eigenvalue weighted by Crippen LogP contribution is 2.44. The number of nitrogens with one attached hydrogen (secondary N) is 1. The summed E-state index contributed by atoms with van der Waals surface area (Å²) < 4.78 is 5.43. The van der Waals surface area contributed by atoms with Crippen molar-refractivity contribution in [2.24, 2.45) is 0 Å². The third kappa shape index (κ3) is 4.44. The summed E-state index contributed by atoms with van der Waals surface area (Å²) in [7, 11) is 0. The fraction of sp³-hybridized carbons (Fsp3) is 0.261. The summed E-state index contributed by atoms with van der Waals surface area (Å²) in [4.78, 5) is 36.7. The van der Waals surface area contributed by atoms with Crippen LogP contribution in [0.5, 0.6) is 0 Å². The molecular weight excluding hydrogens is 416 g/mol. The van der Waals surface area contributed by atoms with Gasteiger partial charge in [0.25, 0.3) is 0 Å². The lowest BCUT2D eigenvalue weighted by Gasteiger charge is -2.18. The summed E-state index contributed by atoms with van der Waals surface area (Å²) in [6.07, 6.45) is 2.20. The molecule has 1 aliphatic carbocycles. The zero-order chi connectivity index (χ0) is 21.8. The van der Waals surface area contributed by atoms with Crippen molar-refractivity contribution in [3.8, 4) is 11.1 Å². The Labute approximate surface area is 184 Å². The maximum Gasteiger partial charge on any atom is 0.407 e. The molecule has 2 aromatic rings. The Morgan fingerprint density at radius 3 is 2.39 bits per heavy atom. The van der Waals surface area contributed by atoms with E-state index in [0.29, 0.717) is 11.6 Å². The summed E-state index contributed by atoms with van der Waals surface area (Å²) in [6.45, 7) is 0.328. The Hall–Kier alpha value is -3.26. The van der Waals surface area contributed by atoms with Crippen molar-refractivity contribution in [1.29, 1.82) is 0 Å². The van der Waals surface area contributed by atoms with Crippen LogP contribution in [0.2, 0.25) is 0 Å². The standard InChI is InChI=1S/C23H22N2O5S/c26-21(25-14-31-13-20(25)22(27)28)10-5-11-24-23(29)30-12-19-17-8-3-1-6-15(17)16-7-2-4-9-18(16)19/h1-10,19-20H,11-14H2,(H,24,29)(H,27,28)/b10-5+/t20-/m0/s1. The highest BCUT2D eigenvalue weighted by molar-refractivity contribution is 7.99. The van der Waals surface area contributed by atoms with Crippen LogP contribution < -0.4 is 5.32 Å². The number of amides is 2. The van der Waals surface area contributed by atoms with Crippen molar-refractivity contribution in [1.82, 2.24) is 10.2 Å². The largest absolute Gasteiger partial charge is 0.480 e. The van der Waals surface area contributed by atoms with Crippen LogP contribution >= 0.6 is 11.8 Å². The summed E-state index contributed by atoms with van der Waals surface area (Å²) in [5.41, 5.74) is 4.60. The molecule has 31 heavy (non-hydrogen) atoms. The quantitative estimate of drug-likeness (QED) is 0.673. The molecule has 0 bridgehead atoms. The lowest BCUT2D eigenvalue weighted by molar-refractivity contribution is -0.146. The lowest BCUT2D eigenvalue weighted by Crippen LogP contribution is -2.41. The minimum Gasteiger partial charge on any atom is -0.480 e. The van der Waals surface area contributed by atoms with E-state index in [-0.39, 0.29) is 25.0 Å². The molecular formula is C23H22N2O5S. The number of benzene rings is 2. The fourth-order valence-electron chi connectivity index (χ4n) is 3.91. The van der Waals surface area contributed by atoms with E-state index in [1.807, 2.05) is 24.3 Å². The molecule has 1 saturated heterocycles. The summed E-state index contributed by atoms with van der Waals surface area (Å²) in [6, 6.07) is 15.4. The van der Waals surface area contributed by atoms with Crippen LogP contribution in [0.4, 0.5) is 4.79 Å². The molecule has 1 atom stereocenters. The van der Waals surface area contributed by atoms with Crippen molar-refractivity contribution in [3.05, 3.63) is 71.8 Å². The van der Waals surface area contributed by atoms with E-state index < -0.39 is 18.1 Å². The molecule has 2 aliphatic rings. The zero-order valence-corrected chi connectivity index (χ0v) is 17.5. The van der Waals surface area contributed by atoms with Gasteiger partial charge in [0.1, 0.15) is 12.6 Å². The summed E-state index contributed by atoms with van der Waals surface area (Å²) >= 11 is 1.40. The first-order valence-electron chi connectivity index (χ1n) is 9.93. The number of hydrogen-bond acceptors (Lipinski definition) is 5. The van der Waals surface area contributed by atoms with Gasteiger partial charge in [0.2, 0.25) is 5.91 Å². The van der Waals surface area contributed by atoms with Crippen molar-refractivity contribution < 1.29 is 24.2 Å². The van der Waals surface area contributed by atoms with E-state index in [1.165, 1.54) is 28.8 Å². The monoisotopic (exact) mass is 438 g/mol. The molecule has 4 rings (SSSR count). The lowest BCUT2D eigenvalue weighted by atomic mass is 9.98. The molecule has 1 fully saturated rings. The molecule has 0 unspecified atom stereocenters. The third-order valence-corrected chi connectivity index (χ3v) is 6.43. The minimum absolute atomic E-state index is 0.0177. The predicted octanol–water partition coefficient (Wildman–Crippen LogP) is 3.07. The molecule has 0 aromatic heterocycles. The number of carbonyl (C=O) groups is 3. The number of thioether (sulfide) groups is 1. The van der Waals surface area contributed by atoms with E-state index in [4.69, 9.17) is 9.84 Å². The molecule has 7 nitrogen and oxygen atoms in total. The van der Waals surface area contributed by atoms with E-state index >= 15 is 0 Å². The summed E-state index contributed by atoms with van der Waals surface area (Å²) in [5, 5.41) is 11.7. The summed E-state index contributed by atoms with van der Waals surface area (Å²) in [5.74, 6) is -0.682. The van der Waals surface area contributed by atoms with Crippen LogP contribution in [0.3, 0.4) is 0 Å². The highest BCUT2D eigenvalue weighted by atomic mass is 32.2. The van der Waals surface area contributed by atoms with Crippen molar-refractivity contribution in [2.45, 2.75) is 12.0 Å². The van der Waals surface area contributed by atoms with Gasteiger partial charge in [-0.25, -0.2) is 9.59 Å². The molecule has 0 saturated carbocycles. The van der Waals surface area contributed by atoms with Gasteiger partial charge in [0.15, 0.2) is 0 Å². The van der Waals surface area contributed by atoms with Gasteiger partial charge >= 0.3 is 12.1 Å². The molecule has 8 heteroatoms. The molecule has 1 heterocycles. The van der Waals surface area contributed by atoms with Gasteiger partial charge in [-0.3, -0.25) is 4.79 Å². The normalized spacial score (nSPS) is 17.4. The second-order valence-corrected chi connectivity index (χ2v) is 8.27. The van der Waals surface area contributed by atoms with Crippen LogP contribution in [0.25, 0.3) is 11.1 Å². The van der Waals surface area contributed by atoms with Crippen LogP contribution in [-0.4, -0.2) is 58.8 Å². The SMILES string of the molecule is O=C(NC/C=C/C(=O)N1CSC[C@H]1C(=O)O)OCC1c2ccccc2-c2ccccc21. The second kappa shape index (κ2) is 9.26. The van der Waals surface area contributed by atoms with Gasteiger partial charge in [-0.2, -0.15) is 0 Å². The first-order valence-corrected chi connectivity index (χ1v) is 11.1. The van der Waals surface area contributed by atoms with E-state index in [9.17, 15) is 14.4 Å². The molecule has 160 valence electrons. The molecule has 0 radical (unpaired) electrons. The minimum atomic E-state index is -1.01. The Morgan fingerprint density at radius 1 is 1.10 bits per heavy atom. The van der Waals surface area contributed by atoms with E-state index in [2.05, 4.69) is 29.6 Å². The number of hydrogen-bond donors (Lipinski definition) is 2. The van der Waals surface area contributed by atoms with Crippen LogP contribution in [0.1, 0.15) is 17.0 Å². The molecule has 2 amide bonds. The van der Waals surface area contributed by atoms with Gasteiger partial charge in [0.05, 0.1) is 5.88 Å². The predicted molar refractivity (Wildman–Crippen MR) is 118 cm³/mol. The van der Waals surface area contributed by atoms with Crippen LogP contribution in [0, 0.1) is 0 Å². The zero-order valence-electron chi connectivity index (χ0n) is 16.7. The molecule has 1 aliphatic heterocycles. The number of rotatable bonds is 6. The average molecular weight is 439 g/mol. The number of nitrogens with zero attached hydrogens (tertiary/aromatic N) is 1. The van der Waals surface area contributed by atoms with Crippen molar-refractivity contribution >= 4 is 29.7 Å². The second-order valence-electron chi connectivity index (χ2n) is 7.27. The van der Waals surface area contributed by atoms with E-state index in [1.54, 1.807) is 0 Å². The Bertz CT molecular complexity index is 993. The Balaban J connectivity index is 1.28. The smallest absolute Gasteiger partial charge is 0.407 e. The van der Waals surface area contributed by atoms with Gasteiger partial charge in [0, 0.05) is 24.3 Å². The number of carboxylic acid groups (broad SMARTS) is 1. The first kappa shape index (κ1) is 21.0. The van der Waals surface area contributed by atoms with Gasteiger partial charge in [-0.1, -0.05) is 54.6 Å². The van der Waals surface area contributed by atoms with Gasteiger partial charge in [-0.15, -0.1) is 11.8 Å². The topological polar surface area (TPSA) is 95.9 Å². The Morgan fingerprint density at radius 2 is 1.74 bits per heavy atom. The maximum absolute atomic E-state index is 12.2. The number of fused-ring (bicyclic) bond motifs is 3. The fourth-order valence-corrected chi connectivity index (χ4v) is 5.07.